The van der Waals surface area contributed by atoms with Gasteiger partial charge in [-0.25, -0.2) is 4.98 Å². The van der Waals surface area contributed by atoms with Gasteiger partial charge in [0.25, 0.3) is 0 Å². The second-order valence-electron chi connectivity index (χ2n) is 7.13. The number of para-hydroxylation sites is 1. The highest BCUT2D eigenvalue weighted by Gasteiger charge is 2.23. The standard InChI is InChI=1S/C21H26N2OSi/c1-5-11-18(12-9-10-17-25(2,3)4)20(24)21-22-15-16-23(21)19-13-7-6-8-14-19/h5-8,13-16,18H,1,9,11-12H2,2-4H3/t18-/m1/s1. The minimum atomic E-state index is -1.36. The van der Waals surface area contributed by atoms with Gasteiger partial charge in [-0.15, -0.1) is 18.0 Å². The van der Waals surface area contributed by atoms with Gasteiger partial charge >= 0.3 is 0 Å². The number of nitrogens with zero attached hydrogens (tertiary/aromatic N) is 2. The molecule has 0 bridgehead atoms. The predicted molar refractivity (Wildman–Crippen MR) is 107 cm³/mol. The van der Waals surface area contributed by atoms with Gasteiger partial charge in [-0.3, -0.25) is 9.36 Å². The number of hydrogen-bond acceptors (Lipinski definition) is 2. The largest absolute Gasteiger partial charge is 0.297 e. The lowest BCUT2D eigenvalue weighted by Gasteiger charge is -2.14. The fraction of sp³-hybridized carbons (Fsp3) is 0.333. The first kappa shape index (κ1) is 18.9. The second kappa shape index (κ2) is 8.64. The van der Waals surface area contributed by atoms with E-state index < -0.39 is 8.07 Å². The molecule has 4 heteroatoms. The minimum absolute atomic E-state index is 0.0588. The fourth-order valence-electron chi connectivity index (χ4n) is 2.60. The van der Waals surface area contributed by atoms with Crippen molar-refractivity contribution in [3.05, 3.63) is 61.2 Å². The van der Waals surface area contributed by atoms with Crippen LogP contribution in [-0.2, 0) is 0 Å². The molecule has 130 valence electrons. The lowest BCUT2D eigenvalue weighted by atomic mass is 9.94. The van der Waals surface area contributed by atoms with Crippen LogP contribution >= 0.6 is 0 Å². The number of carbonyl (C=O) groups is 1. The van der Waals surface area contributed by atoms with E-state index in [1.54, 1.807) is 6.20 Å². The summed E-state index contributed by atoms with van der Waals surface area (Å²) >= 11 is 0. The molecule has 0 spiro atoms. The SMILES string of the molecule is C=CC[C@H](CCC#C[Si](C)(C)C)C(=O)c1nccn1-c1ccccc1. The van der Waals surface area contributed by atoms with E-state index in [9.17, 15) is 4.79 Å². The normalized spacial score (nSPS) is 12.1. The molecule has 0 fully saturated rings. The Kier molecular flexibility index (Phi) is 6.55. The van der Waals surface area contributed by atoms with Gasteiger partial charge in [0.2, 0.25) is 5.78 Å². The Balaban J connectivity index is 2.17. The monoisotopic (exact) mass is 350 g/mol. The summed E-state index contributed by atoms with van der Waals surface area (Å²) in [6.07, 6.45) is 7.44. The topological polar surface area (TPSA) is 34.9 Å². The van der Waals surface area contributed by atoms with Crippen LogP contribution in [0.3, 0.4) is 0 Å². The van der Waals surface area contributed by atoms with Crippen molar-refractivity contribution in [1.82, 2.24) is 9.55 Å². The van der Waals surface area contributed by atoms with Gasteiger partial charge in [0.05, 0.1) is 0 Å². The zero-order chi connectivity index (χ0) is 18.3. The van der Waals surface area contributed by atoms with Gasteiger partial charge < -0.3 is 0 Å². The molecule has 0 aliphatic carbocycles. The van der Waals surface area contributed by atoms with Gasteiger partial charge in [0, 0.05) is 30.4 Å². The van der Waals surface area contributed by atoms with E-state index in [2.05, 4.69) is 42.7 Å². The van der Waals surface area contributed by atoms with E-state index >= 15 is 0 Å². The van der Waals surface area contributed by atoms with E-state index in [0.29, 0.717) is 12.2 Å². The van der Waals surface area contributed by atoms with Crippen molar-refractivity contribution in [2.75, 3.05) is 0 Å². The number of allylic oxidation sites excluding steroid dienone is 1. The molecule has 0 amide bonds. The first-order valence-electron chi connectivity index (χ1n) is 8.66. The number of carbonyl (C=O) groups excluding carboxylic acids is 1. The van der Waals surface area contributed by atoms with E-state index in [-0.39, 0.29) is 11.7 Å². The molecule has 3 nitrogen and oxygen atoms in total. The molecule has 1 aromatic carbocycles. The average Bonchev–Trinajstić information content (AvgIpc) is 3.06. The van der Waals surface area contributed by atoms with Crippen molar-refractivity contribution < 1.29 is 4.79 Å². The van der Waals surface area contributed by atoms with Crippen molar-refractivity contribution in [3.8, 4) is 17.2 Å². The molecule has 25 heavy (non-hydrogen) atoms. The van der Waals surface area contributed by atoms with Crippen LogP contribution in [0.5, 0.6) is 0 Å². The molecule has 0 saturated carbocycles. The van der Waals surface area contributed by atoms with Crippen LogP contribution in [0.4, 0.5) is 0 Å². The van der Waals surface area contributed by atoms with Crippen LogP contribution in [0, 0.1) is 17.4 Å². The van der Waals surface area contributed by atoms with Crippen molar-refractivity contribution >= 4 is 13.9 Å². The van der Waals surface area contributed by atoms with Crippen LogP contribution in [0.1, 0.15) is 29.9 Å². The number of aromatic nitrogens is 2. The zero-order valence-corrected chi connectivity index (χ0v) is 16.3. The molecule has 2 aromatic rings. The number of Topliss-reactive ketones (excluding diaryl/α,β-unsaturated/α-hetero) is 1. The van der Waals surface area contributed by atoms with Gasteiger partial charge in [-0.1, -0.05) is 43.9 Å². The molecule has 0 radical (unpaired) electrons. The van der Waals surface area contributed by atoms with Crippen LogP contribution in [0.2, 0.25) is 19.6 Å². The van der Waals surface area contributed by atoms with Crippen LogP contribution in [0.25, 0.3) is 5.69 Å². The first-order valence-corrected chi connectivity index (χ1v) is 12.2. The molecule has 0 N–H and O–H groups in total. The molecular formula is C21H26N2OSi. The van der Waals surface area contributed by atoms with Crippen molar-refractivity contribution in [2.24, 2.45) is 5.92 Å². The summed E-state index contributed by atoms with van der Waals surface area (Å²) in [7, 11) is -1.36. The third-order valence-corrected chi connectivity index (χ3v) is 4.73. The highest BCUT2D eigenvalue weighted by atomic mass is 28.3. The van der Waals surface area contributed by atoms with Crippen LogP contribution in [-0.4, -0.2) is 23.4 Å². The maximum atomic E-state index is 13.0. The predicted octanol–water partition coefficient (Wildman–Crippen LogP) is 4.91. The van der Waals surface area contributed by atoms with Crippen molar-refractivity contribution in [1.29, 1.82) is 0 Å². The maximum absolute atomic E-state index is 13.0. The quantitative estimate of drug-likeness (QED) is 0.308. The third-order valence-electron chi connectivity index (χ3n) is 3.80. The van der Waals surface area contributed by atoms with Gasteiger partial charge in [0.1, 0.15) is 8.07 Å². The highest BCUT2D eigenvalue weighted by Crippen LogP contribution is 2.20. The Hall–Kier alpha value is -2.38. The van der Waals surface area contributed by atoms with Crippen LogP contribution < -0.4 is 0 Å². The lowest BCUT2D eigenvalue weighted by molar-refractivity contribution is 0.0903. The smallest absolute Gasteiger partial charge is 0.202 e. The zero-order valence-electron chi connectivity index (χ0n) is 15.3. The Morgan fingerprint density at radius 3 is 2.68 bits per heavy atom. The number of imidazole rings is 1. The summed E-state index contributed by atoms with van der Waals surface area (Å²) in [6, 6.07) is 9.81. The lowest BCUT2D eigenvalue weighted by Crippen LogP contribution is -2.19. The first-order chi connectivity index (χ1) is 11.9. The van der Waals surface area contributed by atoms with Gasteiger partial charge in [-0.2, -0.15) is 0 Å². The Morgan fingerprint density at radius 1 is 1.32 bits per heavy atom. The fourth-order valence-corrected chi connectivity index (χ4v) is 3.25. The van der Waals surface area contributed by atoms with Gasteiger partial charge in [0.15, 0.2) is 5.82 Å². The molecular weight excluding hydrogens is 324 g/mol. The third kappa shape index (κ3) is 5.58. The van der Waals surface area contributed by atoms with E-state index in [0.717, 1.165) is 18.5 Å². The molecule has 0 aliphatic heterocycles. The van der Waals surface area contributed by atoms with Crippen LogP contribution in [0.15, 0.2) is 55.4 Å². The van der Waals surface area contributed by atoms with E-state index in [1.807, 2.05) is 47.2 Å². The van der Waals surface area contributed by atoms with Gasteiger partial charge in [-0.05, 0) is 25.0 Å². The maximum Gasteiger partial charge on any atom is 0.202 e. The number of benzene rings is 1. The average molecular weight is 351 g/mol. The highest BCUT2D eigenvalue weighted by molar-refractivity contribution is 6.83. The Labute approximate surface area is 151 Å². The summed E-state index contributed by atoms with van der Waals surface area (Å²) in [5, 5.41) is 0. The molecule has 1 atom stereocenters. The second-order valence-corrected chi connectivity index (χ2v) is 11.9. The summed E-state index contributed by atoms with van der Waals surface area (Å²) < 4.78 is 1.85. The minimum Gasteiger partial charge on any atom is -0.297 e. The molecule has 1 aromatic heterocycles. The number of ketones is 1. The number of rotatable bonds is 7. The van der Waals surface area contributed by atoms with E-state index in [4.69, 9.17) is 0 Å². The molecule has 2 rings (SSSR count). The Morgan fingerprint density at radius 2 is 2.04 bits per heavy atom. The van der Waals surface area contributed by atoms with Crippen molar-refractivity contribution in [3.63, 3.8) is 0 Å². The summed E-state index contributed by atoms with van der Waals surface area (Å²) in [6.45, 7) is 10.5. The van der Waals surface area contributed by atoms with Crippen molar-refractivity contribution in [2.45, 2.75) is 38.9 Å². The molecule has 1 heterocycles. The molecule has 0 aliphatic rings. The molecule has 0 unspecified atom stereocenters. The van der Waals surface area contributed by atoms with E-state index in [1.165, 1.54) is 0 Å². The molecule has 0 saturated heterocycles. The Bertz CT molecular complexity index is 775. The summed E-state index contributed by atoms with van der Waals surface area (Å²) in [5.74, 6) is 3.67. The summed E-state index contributed by atoms with van der Waals surface area (Å²) in [4.78, 5) is 17.3. The summed E-state index contributed by atoms with van der Waals surface area (Å²) in [5.41, 5.74) is 4.30. The number of hydrogen-bond donors (Lipinski definition) is 0.